The molecular formula is C16H24N4O2. The standard InChI is InChI=1S/C16H24N4O2/c1-18-10-6-13(11-15(18)21)16(22)20-9-3-2-5-14(20)12-19-8-4-7-17-19/h4,7-8,13-14H,2-3,5-6,9-12H2,1H3/t13-,14-/m0/s1. The zero-order chi connectivity index (χ0) is 15.5. The Balaban J connectivity index is 1.67. The molecule has 0 N–H and O–H groups in total. The molecule has 0 radical (unpaired) electrons. The number of nitrogens with zero attached hydrogens (tertiary/aromatic N) is 4. The van der Waals surface area contributed by atoms with Crippen molar-refractivity contribution in [2.24, 2.45) is 5.92 Å². The number of hydrogen-bond donors (Lipinski definition) is 0. The first-order valence-corrected chi connectivity index (χ1v) is 8.17. The van der Waals surface area contributed by atoms with Crippen LogP contribution in [0.5, 0.6) is 0 Å². The summed E-state index contributed by atoms with van der Waals surface area (Å²) in [7, 11) is 1.81. The van der Waals surface area contributed by atoms with E-state index in [4.69, 9.17) is 0 Å². The Bertz CT molecular complexity index is 528. The van der Waals surface area contributed by atoms with Crippen molar-refractivity contribution in [3.63, 3.8) is 0 Å². The molecule has 2 atom stereocenters. The third kappa shape index (κ3) is 3.15. The van der Waals surface area contributed by atoms with E-state index in [-0.39, 0.29) is 23.8 Å². The lowest BCUT2D eigenvalue weighted by atomic mass is 9.92. The van der Waals surface area contributed by atoms with Gasteiger partial charge in [0.1, 0.15) is 0 Å². The van der Waals surface area contributed by atoms with E-state index in [1.54, 1.807) is 11.1 Å². The second-order valence-corrected chi connectivity index (χ2v) is 6.41. The van der Waals surface area contributed by atoms with E-state index < -0.39 is 0 Å². The molecule has 120 valence electrons. The van der Waals surface area contributed by atoms with Gasteiger partial charge in [0.25, 0.3) is 0 Å². The summed E-state index contributed by atoms with van der Waals surface area (Å²) in [6.45, 7) is 2.25. The molecule has 2 amide bonds. The van der Waals surface area contributed by atoms with Crippen molar-refractivity contribution < 1.29 is 9.59 Å². The highest BCUT2D eigenvalue weighted by molar-refractivity contribution is 5.87. The fourth-order valence-electron chi connectivity index (χ4n) is 3.49. The minimum Gasteiger partial charge on any atom is -0.346 e. The normalized spacial score (nSPS) is 26.3. The lowest BCUT2D eigenvalue weighted by Gasteiger charge is -2.39. The van der Waals surface area contributed by atoms with Gasteiger partial charge in [-0.05, 0) is 31.7 Å². The smallest absolute Gasteiger partial charge is 0.226 e. The van der Waals surface area contributed by atoms with Gasteiger partial charge in [-0.3, -0.25) is 14.3 Å². The van der Waals surface area contributed by atoms with Crippen LogP contribution in [0, 0.1) is 5.92 Å². The van der Waals surface area contributed by atoms with Crippen LogP contribution in [0.2, 0.25) is 0 Å². The van der Waals surface area contributed by atoms with Crippen LogP contribution in [0.15, 0.2) is 18.5 Å². The second kappa shape index (κ2) is 6.50. The molecule has 0 saturated carbocycles. The SMILES string of the molecule is CN1CC[C@H](C(=O)N2CCCC[C@H]2Cn2cccn2)CC1=O. The fourth-order valence-corrected chi connectivity index (χ4v) is 3.49. The van der Waals surface area contributed by atoms with Crippen LogP contribution in [-0.2, 0) is 16.1 Å². The predicted molar refractivity (Wildman–Crippen MR) is 81.9 cm³/mol. The summed E-state index contributed by atoms with van der Waals surface area (Å²) in [5.74, 6) is 0.116. The number of amides is 2. The van der Waals surface area contributed by atoms with Gasteiger partial charge >= 0.3 is 0 Å². The Morgan fingerprint density at radius 2 is 2.18 bits per heavy atom. The monoisotopic (exact) mass is 304 g/mol. The van der Waals surface area contributed by atoms with Gasteiger partial charge in [0.05, 0.1) is 12.6 Å². The quantitative estimate of drug-likeness (QED) is 0.841. The number of rotatable bonds is 3. The highest BCUT2D eigenvalue weighted by Gasteiger charge is 2.35. The van der Waals surface area contributed by atoms with Crippen molar-refractivity contribution >= 4 is 11.8 Å². The summed E-state index contributed by atoms with van der Waals surface area (Å²) < 4.78 is 1.90. The topological polar surface area (TPSA) is 58.4 Å². The zero-order valence-electron chi connectivity index (χ0n) is 13.1. The molecule has 0 bridgehead atoms. The largest absolute Gasteiger partial charge is 0.346 e. The Labute approximate surface area is 131 Å². The molecular weight excluding hydrogens is 280 g/mol. The molecule has 1 aromatic heterocycles. The summed E-state index contributed by atoms with van der Waals surface area (Å²) in [5, 5.41) is 4.26. The Morgan fingerprint density at radius 3 is 2.91 bits per heavy atom. The van der Waals surface area contributed by atoms with E-state index in [0.717, 1.165) is 38.8 Å². The Hall–Kier alpha value is -1.85. The maximum absolute atomic E-state index is 12.9. The molecule has 0 aromatic carbocycles. The third-order valence-corrected chi connectivity index (χ3v) is 4.88. The maximum Gasteiger partial charge on any atom is 0.226 e. The van der Waals surface area contributed by atoms with E-state index in [1.165, 1.54) is 0 Å². The second-order valence-electron chi connectivity index (χ2n) is 6.41. The molecule has 1 aromatic rings. The predicted octanol–water partition coefficient (Wildman–Crippen LogP) is 1.13. The lowest BCUT2D eigenvalue weighted by molar-refractivity contribution is -0.147. The van der Waals surface area contributed by atoms with Gasteiger partial charge in [-0.25, -0.2) is 0 Å². The number of likely N-dealkylation sites (tertiary alicyclic amines) is 2. The van der Waals surface area contributed by atoms with Crippen molar-refractivity contribution in [1.29, 1.82) is 0 Å². The Morgan fingerprint density at radius 1 is 1.32 bits per heavy atom. The summed E-state index contributed by atoms with van der Waals surface area (Å²) >= 11 is 0. The van der Waals surface area contributed by atoms with Gasteiger partial charge in [-0.2, -0.15) is 5.10 Å². The van der Waals surface area contributed by atoms with E-state index in [1.807, 2.05) is 28.9 Å². The van der Waals surface area contributed by atoms with Gasteiger partial charge in [0, 0.05) is 44.9 Å². The van der Waals surface area contributed by atoms with Crippen molar-refractivity contribution in [2.45, 2.75) is 44.7 Å². The van der Waals surface area contributed by atoms with Crippen LogP contribution in [0.25, 0.3) is 0 Å². The van der Waals surface area contributed by atoms with Gasteiger partial charge < -0.3 is 9.80 Å². The van der Waals surface area contributed by atoms with Crippen LogP contribution in [-0.4, -0.2) is 57.6 Å². The number of aromatic nitrogens is 2. The molecule has 2 saturated heterocycles. The number of carbonyl (C=O) groups excluding carboxylic acids is 2. The summed E-state index contributed by atoms with van der Waals surface area (Å²) in [6, 6.07) is 2.11. The highest BCUT2D eigenvalue weighted by Crippen LogP contribution is 2.25. The number of carbonyl (C=O) groups is 2. The molecule has 6 heteroatoms. The molecule has 0 aliphatic carbocycles. The van der Waals surface area contributed by atoms with E-state index in [0.29, 0.717) is 13.0 Å². The zero-order valence-corrected chi connectivity index (χ0v) is 13.1. The van der Waals surface area contributed by atoms with Crippen LogP contribution in [0.3, 0.4) is 0 Å². The molecule has 2 fully saturated rings. The van der Waals surface area contributed by atoms with E-state index in [9.17, 15) is 9.59 Å². The number of hydrogen-bond acceptors (Lipinski definition) is 3. The highest BCUT2D eigenvalue weighted by atomic mass is 16.2. The molecule has 3 heterocycles. The summed E-state index contributed by atoms with van der Waals surface area (Å²) in [4.78, 5) is 28.5. The van der Waals surface area contributed by atoms with Crippen molar-refractivity contribution in [1.82, 2.24) is 19.6 Å². The minimum atomic E-state index is -0.137. The third-order valence-electron chi connectivity index (χ3n) is 4.88. The van der Waals surface area contributed by atoms with Crippen LogP contribution in [0.1, 0.15) is 32.1 Å². The van der Waals surface area contributed by atoms with Crippen LogP contribution in [0.4, 0.5) is 0 Å². The van der Waals surface area contributed by atoms with E-state index >= 15 is 0 Å². The van der Waals surface area contributed by atoms with Crippen LogP contribution >= 0.6 is 0 Å². The first kappa shape index (κ1) is 15.1. The molecule has 22 heavy (non-hydrogen) atoms. The molecule has 0 spiro atoms. The van der Waals surface area contributed by atoms with Crippen LogP contribution < -0.4 is 0 Å². The van der Waals surface area contributed by atoms with Crippen molar-refractivity contribution in [3.8, 4) is 0 Å². The first-order chi connectivity index (χ1) is 10.6. The fraction of sp³-hybridized carbons (Fsp3) is 0.688. The Kier molecular flexibility index (Phi) is 4.45. The van der Waals surface area contributed by atoms with Gasteiger partial charge in [-0.1, -0.05) is 0 Å². The molecule has 0 unspecified atom stereocenters. The first-order valence-electron chi connectivity index (χ1n) is 8.17. The lowest BCUT2D eigenvalue weighted by Crippen LogP contribution is -2.50. The molecule has 2 aliphatic rings. The van der Waals surface area contributed by atoms with E-state index in [2.05, 4.69) is 5.10 Å². The maximum atomic E-state index is 12.9. The molecule has 2 aliphatic heterocycles. The number of piperidine rings is 2. The summed E-state index contributed by atoms with van der Waals surface area (Å²) in [5.41, 5.74) is 0. The van der Waals surface area contributed by atoms with Gasteiger partial charge in [0.15, 0.2) is 0 Å². The van der Waals surface area contributed by atoms with Gasteiger partial charge in [0.2, 0.25) is 11.8 Å². The summed E-state index contributed by atoms with van der Waals surface area (Å²) in [6.07, 6.45) is 8.09. The molecule has 6 nitrogen and oxygen atoms in total. The average molecular weight is 304 g/mol. The van der Waals surface area contributed by atoms with Gasteiger partial charge in [-0.15, -0.1) is 0 Å². The van der Waals surface area contributed by atoms with Crippen molar-refractivity contribution in [3.05, 3.63) is 18.5 Å². The average Bonchev–Trinajstić information content (AvgIpc) is 3.03. The van der Waals surface area contributed by atoms with Crippen molar-refractivity contribution in [2.75, 3.05) is 20.1 Å². The minimum absolute atomic E-state index is 0.0882. The molecule has 3 rings (SSSR count).